The van der Waals surface area contributed by atoms with Crippen LogP contribution in [0.1, 0.15) is 13.3 Å². The van der Waals surface area contributed by atoms with Crippen molar-refractivity contribution in [3.05, 3.63) is 28.7 Å². The minimum absolute atomic E-state index is 0.0501. The van der Waals surface area contributed by atoms with E-state index in [1.165, 1.54) is 0 Å². The average Bonchev–Trinajstić information content (AvgIpc) is 2.34. The zero-order valence-corrected chi connectivity index (χ0v) is 11.8. The highest BCUT2D eigenvalue weighted by molar-refractivity contribution is 9.10. The topological polar surface area (TPSA) is 49.8 Å². The number of halogens is 1. The van der Waals surface area contributed by atoms with E-state index >= 15 is 0 Å². The lowest BCUT2D eigenvalue weighted by atomic mass is 9.99. The number of aliphatic hydroxyl groups is 1. The Morgan fingerprint density at radius 2 is 2.22 bits per heavy atom. The van der Waals surface area contributed by atoms with Gasteiger partial charge in [0.05, 0.1) is 17.8 Å². The molecule has 1 aromatic rings. The van der Waals surface area contributed by atoms with Crippen LogP contribution in [0, 0.1) is 0 Å². The van der Waals surface area contributed by atoms with Gasteiger partial charge in [-0.2, -0.15) is 0 Å². The number of rotatable bonds is 3. The summed E-state index contributed by atoms with van der Waals surface area (Å²) in [5.41, 5.74) is 0.354. The molecule has 1 unspecified atom stereocenters. The highest BCUT2D eigenvalue weighted by atomic mass is 79.9. The number of amides is 1. The second kappa shape index (κ2) is 5.38. The molecule has 1 aliphatic heterocycles. The highest BCUT2D eigenvalue weighted by Crippen LogP contribution is 2.31. The van der Waals surface area contributed by atoms with Gasteiger partial charge >= 0.3 is 0 Å². The van der Waals surface area contributed by atoms with Crippen molar-refractivity contribution in [2.75, 3.05) is 24.7 Å². The van der Waals surface area contributed by atoms with Gasteiger partial charge in [0.25, 0.3) is 5.91 Å². The van der Waals surface area contributed by atoms with Gasteiger partial charge in [0, 0.05) is 17.5 Å². The second-order valence-electron chi connectivity index (χ2n) is 4.64. The third-order valence-corrected chi connectivity index (χ3v) is 3.79. The van der Waals surface area contributed by atoms with Crippen LogP contribution in [0.2, 0.25) is 0 Å². The molecule has 0 spiro atoms. The molecule has 18 heavy (non-hydrogen) atoms. The third-order valence-electron chi connectivity index (χ3n) is 3.12. The fraction of sp³-hybridized carbons (Fsp3) is 0.462. The van der Waals surface area contributed by atoms with Crippen LogP contribution >= 0.6 is 15.9 Å². The van der Waals surface area contributed by atoms with E-state index in [0.717, 1.165) is 10.2 Å². The minimum Gasteiger partial charge on any atom is -0.396 e. The standard InChI is InChI=1S/C13H16BrNO3/c1-13(6-7-16)9-15(12(17)8-18-13)11-5-3-2-4-10(11)14/h2-5,16H,6-9H2,1H3. The van der Waals surface area contributed by atoms with Crippen LogP contribution in [0.25, 0.3) is 0 Å². The molecule has 1 atom stereocenters. The predicted molar refractivity (Wildman–Crippen MR) is 72.6 cm³/mol. The number of para-hydroxylation sites is 1. The number of benzene rings is 1. The number of anilines is 1. The lowest BCUT2D eigenvalue weighted by molar-refractivity contribution is -0.138. The van der Waals surface area contributed by atoms with Crippen molar-refractivity contribution in [2.24, 2.45) is 0 Å². The summed E-state index contributed by atoms with van der Waals surface area (Å²) in [5, 5.41) is 9.07. The van der Waals surface area contributed by atoms with Gasteiger partial charge in [-0.1, -0.05) is 12.1 Å². The second-order valence-corrected chi connectivity index (χ2v) is 5.50. The van der Waals surface area contributed by atoms with E-state index < -0.39 is 5.60 Å². The van der Waals surface area contributed by atoms with Crippen molar-refractivity contribution in [3.8, 4) is 0 Å². The summed E-state index contributed by atoms with van der Waals surface area (Å²) in [5.74, 6) is -0.0580. The number of carbonyl (C=O) groups excluding carboxylic acids is 1. The maximum absolute atomic E-state index is 12.0. The Balaban J connectivity index is 2.26. The van der Waals surface area contributed by atoms with E-state index in [2.05, 4.69) is 15.9 Å². The van der Waals surface area contributed by atoms with Crippen molar-refractivity contribution in [2.45, 2.75) is 18.9 Å². The fourth-order valence-electron chi connectivity index (χ4n) is 2.06. The lowest BCUT2D eigenvalue weighted by Gasteiger charge is -2.40. The maximum atomic E-state index is 12.0. The van der Waals surface area contributed by atoms with Crippen LogP contribution < -0.4 is 4.90 Å². The Bertz CT molecular complexity index is 452. The molecule has 2 rings (SSSR count). The molecular weight excluding hydrogens is 298 g/mol. The van der Waals surface area contributed by atoms with Crippen LogP contribution in [0.5, 0.6) is 0 Å². The largest absolute Gasteiger partial charge is 0.396 e. The smallest absolute Gasteiger partial charge is 0.253 e. The summed E-state index contributed by atoms with van der Waals surface area (Å²) in [6.45, 7) is 2.47. The summed E-state index contributed by atoms with van der Waals surface area (Å²) < 4.78 is 6.42. The molecule has 5 heteroatoms. The average molecular weight is 314 g/mol. The van der Waals surface area contributed by atoms with E-state index in [-0.39, 0.29) is 19.1 Å². The van der Waals surface area contributed by atoms with Crippen molar-refractivity contribution in [1.82, 2.24) is 0 Å². The first-order valence-corrected chi connectivity index (χ1v) is 6.65. The zero-order chi connectivity index (χ0) is 13.2. The van der Waals surface area contributed by atoms with E-state index in [1.54, 1.807) is 4.90 Å². The molecule has 0 saturated carbocycles. The van der Waals surface area contributed by atoms with E-state index in [0.29, 0.717) is 13.0 Å². The van der Waals surface area contributed by atoms with Crippen molar-refractivity contribution in [3.63, 3.8) is 0 Å². The summed E-state index contributed by atoms with van der Waals surface area (Å²) in [6, 6.07) is 7.60. The molecule has 1 amide bonds. The first-order valence-electron chi connectivity index (χ1n) is 5.85. The molecule has 0 aliphatic carbocycles. The van der Waals surface area contributed by atoms with Gasteiger partial charge in [-0.3, -0.25) is 4.79 Å². The number of hydrogen-bond acceptors (Lipinski definition) is 3. The van der Waals surface area contributed by atoms with E-state index in [1.807, 2.05) is 31.2 Å². The summed E-state index contributed by atoms with van der Waals surface area (Å²) in [4.78, 5) is 13.7. The van der Waals surface area contributed by atoms with E-state index in [4.69, 9.17) is 9.84 Å². The maximum Gasteiger partial charge on any atom is 0.253 e. The molecule has 0 bridgehead atoms. The first kappa shape index (κ1) is 13.5. The van der Waals surface area contributed by atoms with Crippen molar-refractivity contribution < 1.29 is 14.6 Å². The first-order chi connectivity index (χ1) is 8.56. The van der Waals surface area contributed by atoms with Crippen molar-refractivity contribution >= 4 is 27.5 Å². The Morgan fingerprint density at radius 1 is 1.50 bits per heavy atom. The number of nitrogens with zero attached hydrogens (tertiary/aromatic N) is 1. The minimum atomic E-state index is -0.488. The Kier molecular flexibility index (Phi) is 4.04. The van der Waals surface area contributed by atoms with Crippen LogP contribution in [0.15, 0.2) is 28.7 Å². The van der Waals surface area contributed by atoms with Gasteiger partial charge in [-0.15, -0.1) is 0 Å². The van der Waals surface area contributed by atoms with Crippen molar-refractivity contribution in [1.29, 1.82) is 0 Å². The van der Waals surface area contributed by atoms with E-state index in [9.17, 15) is 4.79 Å². The molecule has 1 aromatic carbocycles. The number of carbonyl (C=O) groups is 1. The lowest BCUT2D eigenvalue weighted by Crippen LogP contribution is -2.53. The highest BCUT2D eigenvalue weighted by Gasteiger charge is 2.36. The summed E-state index contributed by atoms with van der Waals surface area (Å²) >= 11 is 3.45. The molecule has 1 aliphatic rings. The molecule has 0 aromatic heterocycles. The molecule has 1 fully saturated rings. The monoisotopic (exact) mass is 313 g/mol. The van der Waals surface area contributed by atoms with Crippen LogP contribution in [-0.2, 0) is 9.53 Å². The Hall–Kier alpha value is -0.910. The van der Waals surface area contributed by atoms with Gasteiger partial charge in [0.1, 0.15) is 6.61 Å². The number of hydrogen-bond donors (Lipinski definition) is 1. The molecule has 1 saturated heterocycles. The zero-order valence-electron chi connectivity index (χ0n) is 10.2. The predicted octanol–water partition coefficient (Wildman–Crippen LogP) is 1.95. The molecule has 4 nitrogen and oxygen atoms in total. The van der Waals surface area contributed by atoms with Gasteiger partial charge in [-0.05, 0) is 35.0 Å². The van der Waals surface area contributed by atoms with Gasteiger partial charge in [0.2, 0.25) is 0 Å². The van der Waals surface area contributed by atoms with Crippen LogP contribution in [0.4, 0.5) is 5.69 Å². The van der Waals surface area contributed by atoms with Gasteiger partial charge in [0.15, 0.2) is 0 Å². The molecule has 0 radical (unpaired) electrons. The molecule has 1 heterocycles. The Morgan fingerprint density at radius 3 is 2.89 bits per heavy atom. The number of aliphatic hydroxyl groups excluding tert-OH is 1. The molecule has 1 N–H and O–H groups in total. The number of morpholine rings is 1. The fourth-order valence-corrected chi connectivity index (χ4v) is 2.56. The Labute approximate surface area is 115 Å². The SMILES string of the molecule is CC1(CCO)CN(c2ccccc2Br)C(=O)CO1. The van der Waals surface area contributed by atoms with Gasteiger partial charge < -0.3 is 14.7 Å². The van der Waals surface area contributed by atoms with Crippen LogP contribution in [0.3, 0.4) is 0 Å². The van der Waals surface area contributed by atoms with Gasteiger partial charge in [-0.25, -0.2) is 0 Å². The normalized spacial score (nSPS) is 24.4. The summed E-state index contributed by atoms with van der Waals surface area (Å²) in [6.07, 6.45) is 0.515. The van der Waals surface area contributed by atoms with Crippen LogP contribution in [-0.4, -0.2) is 36.4 Å². The molecule has 98 valence electrons. The number of ether oxygens (including phenoxy) is 1. The third kappa shape index (κ3) is 2.74. The summed E-state index contributed by atoms with van der Waals surface area (Å²) in [7, 11) is 0. The molecular formula is C13H16BrNO3. The quantitative estimate of drug-likeness (QED) is 0.928.